The van der Waals surface area contributed by atoms with Crippen LogP contribution < -0.4 is 5.32 Å². The molecule has 0 saturated heterocycles. The van der Waals surface area contributed by atoms with Gasteiger partial charge in [0.2, 0.25) is 0 Å². The van der Waals surface area contributed by atoms with E-state index in [2.05, 4.69) is 24.4 Å². The number of halogens is 1. The molecule has 1 unspecified atom stereocenters. The molecule has 1 atom stereocenters. The minimum absolute atomic E-state index is 0.153. The lowest BCUT2D eigenvalue weighted by molar-refractivity contribution is 0.611. The van der Waals surface area contributed by atoms with Crippen molar-refractivity contribution in [2.75, 3.05) is 12.8 Å². The van der Waals surface area contributed by atoms with Gasteiger partial charge in [0.15, 0.2) is 0 Å². The number of benzene rings is 2. The maximum absolute atomic E-state index is 13.3. The summed E-state index contributed by atoms with van der Waals surface area (Å²) in [7, 11) is 1.91. The summed E-state index contributed by atoms with van der Waals surface area (Å²) >= 11 is 1.80. The third kappa shape index (κ3) is 3.82. The highest BCUT2D eigenvalue weighted by Gasteiger charge is 2.11. The van der Waals surface area contributed by atoms with Gasteiger partial charge in [-0.15, -0.1) is 11.8 Å². The molecule has 19 heavy (non-hydrogen) atoms. The summed E-state index contributed by atoms with van der Waals surface area (Å²) in [6.45, 7) is 2.11. The van der Waals surface area contributed by atoms with Crippen LogP contribution in [0.3, 0.4) is 0 Å². The standard InChI is InChI=1S/C16H18FNS/c1-12-6-3-4-9-16(12)19-11-15(18-2)13-7-5-8-14(17)10-13/h3-10,15,18H,11H2,1-2H3. The summed E-state index contributed by atoms with van der Waals surface area (Å²) in [5.74, 6) is 0.698. The Kier molecular flexibility index (Phi) is 5.00. The van der Waals surface area contributed by atoms with Gasteiger partial charge in [-0.1, -0.05) is 30.3 Å². The van der Waals surface area contributed by atoms with Crippen molar-refractivity contribution in [3.8, 4) is 0 Å². The predicted octanol–water partition coefficient (Wildman–Crippen LogP) is 4.19. The van der Waals surface area contributed by atoms with Crippen LogP contribution in [0.5, 0.6) is 0 Å². The molecule has 0 fully saturated rings. The van der Waals surface area contributed by atoms with Gasteiger partial charge in [-0.3, -0.25) is 0 Å². The topological polar surface area (TPSA) is 12.0 Å². The van der Waals surface area contributed by atoms with Crippen LogP contribution in [0.25, 0.3) is 0 Å². The Morgan fingerprint density at radius 3 is 2.63 bits per heavy atom. The van der Waals surface area contributed by atoms with Crippen molar-refractivity contribution in [1.82, 2.24) is 5.32 Å². The summed E-state index contributed by atoms with van der Waals surface area (Å²) in [5.41, 5.74) is 2.27. The molecule has 0 aliphatic carbocycles. The van der Waals surface area contributed by atoms with E-state index in [0.717, 1.165) is 11.3 Å². The molecule has 2 aromatic carbocycles. The monoisotopic (exact) mass is 275 g/mol. The van der Waals surface area contributed by atoms with Crippen molar-refractivity contribution in [3.05, 3.63) is 65.5 Å². The zero-order chi connectivity index (χ0) is 13.7. The predicted molar refractivity (Wildman–Crippen MR) is 80.1 cm³/mol. The van der Waals surface area contributed by atoms with Crippen molar-refractivity contribution in [2.24, 2.45) is 0 Å². The quantitative estimate of drug-likeness (QED) is 0.821. The van der Waals surface area contributed by atoms with E-state index in [1.807, 2.05) is 25.2 Å². The van der Waals surface area contributed by atoms with E-state index < -0.39 is 0 Å². The molecular weight excluding hydrogens is 257 g/mol. The van der Waals surface area contributed by atoms with E-state index in [9.17, 15) is 4.39 Å². The van der Waals surface area contributed by atoms with Crippen molar-refractivity contribution in [2.45, 2.75) is 17.9 Å². The van der Waals surface area contributed by atoms with Crippen LogP contribution in [-0.2, 0) is 0 Å². The van der Waals surface area contributed by atoms with Gasteiger partial charge in [0.05, 0.1) is 0 Å². The first-order valence-electron chi connectivity index (χ1n) is 6.32. The fourth-order valence-electron chi connectivity index (χ4n) is 1.96. The second kappa shape index (κ2) is 6.73. The smallest absolute Gasteiger partial charge is 0.123 e. The minimum atomic E-state index is -0.182. The Bertz CT molecular complexity index is 542. The van der Waals surface area contributed by atoms with E-state index >= 15 is 0 Å². The molecule has 2 aromatic rings. The normalized spacial score (nSPS) is 12.4. The first-order valence-corrected chi connectivity index (χ1v) is 7.30. The summed E-state index contributed by atoms with van der Waals surface area (Å²) in [4.78, 5) is 1.28. The molecule has 0 spiro atoms. The molecule has 0 heterocycles. The average molecular weight is 275 g/mol. The first kappa shape index (κ1) is 14.1. The Morgan fingerprint density at radius 1 is 1.16 bits per heavy atom. The highest BCUT2D eigenvalue weighted by molar-refractivity contribution is 7.99. The van der Waals surface area contributed by atoms with Crippen LogP contribution in [0.4, 0.5) is 4.39 Å². The van der Waals surface area contributed by atoms with Crippen molar-refractivity contribution >= 4 is 11.8 Å². The van der Waals surface area contributed by atoms with Gasteiger partial charge in [-0.05, 0) is 43.3 Å². The van der Waals surface area contributed by atoms with Crippen LogP contribution in [0.1, 0.15) is 17.2 Å². The second-order valence-electron chi connectivity index (χ2n) is 4.47. The van der Waals surface area contributed by atoms with Gasteiger partial charge in [0.1, 0.15) is 5.82 Å². The maximum Gasteiger partial charge on any atom is 0.123 e. The fraction of sp³-hybridized carbons (Fsp3) is 0.250. The number of aryl methyl sites for hydroxylation is 1. The van der Waals surface area contributed by atoms with E-state index in [0.29, 0.717) is 0 Å². The molecule has 0 amide bonds. The van der Waals surface area contributed by atoms with Crippen molar-refractivity contribution in [1.29, 1.82) is 0 Å². The molecule has 0 bridgehead atoms. The number of thioether (sulfide) groups is 1. The van der Waals surface area contributed by atoms with Gasteiger partial charge in [0.25, 0.3) is 0 Å². The van der Waals surface area contributed by atoms with Gasteiger partial charge in [-0.2, -0.15) is 0 Å². The zero-order valence-electron chi connectivity index (χ0n) is 11.2. The van der Waals surface area contributed by atoms with Crippen molar-refractivity contribution in [3.63, 3.8) is 0 Å². The second-order valence-corrected chi connectivity index (χ2v) is 5.53. The van der Waals surface area contributed by atoms with Gasteiger partial charge < -0.3 is 5.32 Å². The third-order valence-electron chi connectivity index (χ3n) is 3.10. The lowest BCUT2D eigenvalue weighted by Crippen LogP contribution is -2.18. The van der Waals surface area contributed by atoms with E-state index in [1.54, 1.807) is 23.9 Å². The molecule has 1 N–H and O–H groups in total. The van der Waals surface area contributed by atoms with Gasteiger partial charge in [-0.25, -0.2) is 4.39 Å². The first-order chi connectivity index (χ1) is 9.20. The average Bonchev–Trinajstić information content (AvgIpc) is 2.41. The summed E-state index contributed by atoms with van der Waals surface area (Å²) in [6.07, 6.45) is 0. The lowest BCUT2D eigenvalue weighted by Gasteiger charge is -2.17. The number of hydrogen-bond donors (Lipinski definition) is 1. The Labute approximate surface area is 118 Å². The molecule has 0 radical (unpaired) electrons. The maximum atomic E-state index is 13.3. The Balaban J connectivity index is 2.06. The SMILES string of the molecule is CNC(CSc1ccccc1C)c1cccc(F)c1. The van der Waals surface area contributed by atoms with Crippen LogP contribution >= 0.6 is 11.8 Å². The fourth-order valence-corrected chi connectivity index (χ4v) is 3.14. The molecule has 100 valence electrons. The van der Waals surface area contributed by atoms with E-state index in [4.69, 9.17) is 0 Å². The summed E-state index contributed by atoms with van der Waals surface area (Å²) in [6, 6.07) is 15.3. The van der Waals surface area contributed by atoms with E-state index in [1.165, 1.54) is 16.5 Å². The number of hydrogen-bond acceptors (Lipinski definition) is 2. The zero-order valence-corrected chi connectivity index (χ0v) is 12.0. The highest BCUT2D eigenvalue weighted by Crippen LogP contribution is 2.27. The largest absolute Gasteiger partial charge is 0.312 e. The molecule has 2 rings (SSSR count). The van der Waals surface area contributed by atoms with Crippen LogP contribution in [0.2, 0.25) is 0 Å². The molecule has 1 nitrogen and oxygen atoms in total. The minimum Gasteiger partial charge on any atom is -0.312 e. The third-order valence-corrected chi connectivity index (χ3v) is 4.37. The summed E-state index contributed by atoms with van der Waals surface area (Å²) in [5, 5.41) is 3.25. The Hall–Kier alpha value is -1.32. The molecule has 3 heteroatoms. The molecule has 0 aromatic heterocycles. The number of rotatable bonds is 5. The van der Waals surface area contributed by atoms with Gasteiger partial charge >= 0.3 is 0 Å². The van der Waals surface area contributed by atoms with E-state index in [-0.39, 0.29) is 11.9 Å². The summed E-state index contributed by atoms with van der Waals surface area (Å²) < 4.78 is 13.3. The molecular formula is C16H18FNS. The van der Waals surface area contributed by atoms with Crippen LogP contribution in [-0.4, -0.2) is 12.8 Å². The highest BCUT2D eigenvalue weighted by atomic mass is 32.2. The van der Waals surface area contributed by atoms with Crippen LogP contribution in [0, 0.1) is 12.7 Å². The number of nitrogens with one attached hydrogen (secondary N) is 1. The lowest BCUT2D eigenvalue weighted by atomic mass is 10.1. The molecule has 0 aliphatic heterocycles. The van der Waals surface area contributed by atoms with Gasteiger partial charge in [0, 0.05) is 16.7 Å². The molecule has 0 saturated carbocycles. The van der Waals surface area contributed by atoms with Crippen LogP contribution in [0.15, 0.2) is 53.4 Å². The van der Waals surface area contributed by atoms with Crippen molar-refractivity contribution < 1.29 is 4.39 Å². The Morgan fingerprint density at radius 2 is 1.95 bits per heavy atom. The molecule has 0 aliphatic rings.